The van der Waals surface area contributed by atoms with Crippen LogP contribution in [0.25, 0.3) is 0 Å². The van der Waals surface area contributed by atoms with Crippen LogP contribution in [-0.4, -0.2) is 38.5 Å². The number of nitrogens with zero attached hydrogens (tertiary/aromatic N) is 1. The van der Waals surface area contributed by atoms with E-state index in [0.29, 0.717) is 6.73 Å². The largest absolute Gasteiger partial charge is 0.497 e. The average Bonchev–Trinajstić information content (AvgIpc) is 3.01. The summed E-state index contributed by atoms with van der Waals surface area (Å²) in [6.07, 6.45) is 6.57. The molecular formula is C18H27ClFNO3Si. The molecule has 0 fully saturated rings. The van der Waals surface area contributed by atoms with Crippen LogP contribution in [0.5, 0.6) is 0 Å². The molecule has 0 radical (unpaired) electrons. The Morgan fingerprint density at radius 3 is 2.64 bits per heavy atom. The number of halogens is 2. The molecule has 0 saturated carbocycles. The second-order valence-corrected chi connectivity index (χ2v) is 13.6. The first-order valence-corrected chi connectivity index (χ1v) is 12.4. The van der Waals surface area contributed by atoms with Crippen LogP contribution in [0.4, 0.5) is 4.39 Å². The second-order valence-electron chi connectivity index (χ2n) is 7.39. The molecule has 0 N–H and O–H groups in total. The summed E-state index contributed by atoms with van der Waals surface area (Å²) in [5.41, 5.74) is 0.807. The number of hydrogen-bond acceptors (Lipinski definition) is 3. The Labute approximate surface area is 155 Å². The number of alkyl halides is 1. The molecule has 25 heavy (non-hydrogen) atoms. The first-order chi connectivity index (χ1) is 11.7. The van der Waals surface area contributed by atoms with Crippen molar-refractivity contribution in [2.24, 2.45) is 0 Å². The van der Waals surface area contributed by atoms with Crippen molar-refractivity contribution in [1.29, 1.82) is 0 Å². The van der Waals surface area contributed by atoms with Crippen LogP contribution >= 0.6 is 11.6 Å². The lowest BCUT2D eigenvalue weighted by Crippen LogP contribution is -2.34. The van der Waals surface area contributed by atoms with Crippen LogP contribution in [0.15, 0.2) is 42.2 Å². The number of ether oxygens (including phenoxy) is 3. The Balaban J connectivity index is 2.12. The number of allylic oxidation sites excluding steroid dienone is 2. The van der Waals surface area contributed by atoms with E-state index in [1.165, 1.54) is 26.4 Å². The van der Waals surface area contributed by atoms with E-state index in [1.54, 1.807) is 0 Å². The molecule has 2 unspecified atom stereocenters. The minimum absolute atomic E-state index is 0.164. The highest BCUT2D eigenvalue weighted by Crippen LogP contribution is 2.46. The lowest BCUT2D eigenvalue weighted by Gasteiger charge is -2.34. The maximum Gasteiger partial charge on any atom is 0.174 e. The third kappa shape index (κ3) is 4.97. The molecule has 1 aliphatic rings. The summed E-state index contributed by atoms with van der Waals surface area (Å²) in [6, 6.07) is 3.00. The lowest BCUT2D eigenvalue weighted by molar-refractivity contribution is 0.0654. The monoisotopic (exact) mass is 387 g/mol. The predicted molar refractivity (Wildman–Crippen MR) is 101 cm³/mol. The third-order valence-electron chi connectivity index (χ3n) is 4.22. The molecule has 0 saturated heterocycles. The fourth-order valence-corrected chi connectivity index (χ4v) is 3.77. The van der Waals surface area contributed by atoms with Gasteiger partial charge in [-0.1, -0.05) is 31.2 Å². The van der Waals surface area contributed by atoms with E-state index in [1.807, 2.05) is 23.0 Å². The molecule has 1 aliphatic carbocycles. The SMILES string of the molecule is COC1=C(F)C=CC(Cl)(OC)C1c1ccn(COCC[Si](C)(C)C)c1. The topological polar surface area (TPSA) is 32.6 Å². The lowest BCUT2D eigenvalue weighted by atomic mass is 9.88. The van der Waals surface area contributed by atoms with Gasteiger partial charge in [-0.3, -0.25) is 0 Å². The molecule has 1 aromatic rings. The second kappa shape index (κ2) is 8.08. The van der Waals surface area contributed by atoms with Crippen molar-refractivity contribution in [3.8, 4) is 0 Å². The Morgan fingerprint density at radius 1 is 1.32 bits per heavy atom. The highest BCUT2D eigenvalue weighted by atomic mass is 35.5. The van der Waals surface area contributed by atoms with Gasteiger partial charge in [0.2, 0.25) is 0 Å². The molecule has 0 aliphatic heterocycles. The normalized spacial score (nSPS) is 24.0. The summed E-state index contributed by atoms with van der Waals surface area (Å²) in [7, 11) is 1.83. The van der Waals surface area contributed by atoms with Gasteiger partial charge >= 0.3 is 0 Å². The van der Waals surface area contributed by atoms with Crippen molar-refractivity contribution in [3.05, 3.63) is 47.8 Å². The smallest absolute Gasteiger partial charge is 0.174 e. The zero-order valence-electron chi connectivity index (χ0n) is 15.5. The van der Waals surface area contributed by atoms with Gasteiger partial charge in [0.05, 0.1) is 13.0 Å². The summed E-state index contributed by atoms with van der Waals surface area (Å²) >= 11 is 6.56. The molecule has 0 spiro atoms. The Hall–Kier alpha value is -1.08. The maximum absolute atomic E-state index is 14.2. The summed E-state index contributed by atoms with van der Waals surface area (Å²) in [5.74, 6) is -0.853. The number of hydrogen-bond donors (Lipinski definition) is 0. The van der Waals surface area contributed by atoms with Crippen LogP contribution in [0, 0.1) is 0 Å². The Kier molecular flexibility index (Phi) is 6.54. The Bertz CT molecular complexity index is 653. The molecular weight excluding hydrogens is 361 g/mol. The van der Waals surface area contributed by atoms with E-state index in [4.69, 9.17) is 25.8 Å². The summed E-state index contributed by atoms with van der Waals surface area (Å²) in [5, 5.41) is -1.19. The van der Waals surface area contributed by atoms with Crippen LogP contribution in [-0.2, 0) is 20.9 Å². The van der Waals surface area contributed by atoms with Crippen LogP contribution in [0.1, 0.15) is 11.5 Å². The summed E-state index contributed by atoms with van der Waals surface area (Å²) in [6.45, 7) is 8.14. The fraction of sp³-hybridized carbons (Fsp3) is 0.556. The summed E-state index contributed by atoms with van der Waals surface area (Å²) < 4.78 is 32.5. The van der Waals surface area contributed by atoms with Crippen molar-refractivity contribution >= 4 is 19.7 Å². The highest BCUT2D eigenvalue weighted by molar-refractivity contribution is 6.76. The third-order valence-corrected chi connectivity index (χ3v) is 6.43. The molecule has 2 atom stereocenters. The maximum atomic E-state index is 14.2. The minimum atomic E-state index is -1.19. The quantitative estimate of drug-likeness (QED) is 0.362. The first-order valence-electron chi connectivity index (χ1n) is 8.30. The zero-order valence-corrected chi connectivity index (χ0v) is 17.3. The van der Waals surface area contributed by atoms with E-state index in [0.717, 1.165) is 18.2 Å². The van der Waals surface area contributed by atoms with Gasteiger partial charge in [0.25, 0.3) is 0 Å². The number of rotatable bonds is 8. The van der Waals surface area contributed by atoms with Crippen LogP contribution in [0.2, 0.25) is 25.7 Å². The van der Waals surface area contributed by atoms with Gasteiger partial charge in [0.1, 0.15) is 12.5 Å². The van der Waals surface area contributed by atoms with Gasteiger partial charge in [-0.2, -0.15) is 0 Å². The standard InChI is InChI=1S/C18H27ClFNO3Si/c1-22-17-15(20)6-8-18(19,23-2)16(17)14-7-9-21(12-14)13-24-10-11-25(3,4)5/h6-9,12,16H,10-11,13H2,1-5H3. The van der Waals surface area contributed by atoms with E-state index in [2.05, 4.69) is 19.6 Å². The van der Waals surface area contributed by atoms with Gasteiger partial charge in [0, 0.05) is 34.2 Å². The van der Waals surface area contributed by atoms with Crippen LogP contribution < -0.4 is 0 Å². The molecule has 1 aromatic heterocycles. The van der Waals surface area contributed by atoms with Crippen molar-refractivity contribution in [2.45, 2.75) is 43.4 Å². The van der Waals surface area contributed by atoms with Gasteiger partial charge in [-0.15, -0.1) is 0 Å². The van der Waals surface area contributed by atoms with Crippen molar-refractivity contribution < 1.29 is 18.6 Å². The molecule has 2 rings (SSSR count). The van der Waals surface area contributed by atoms with E-state index < -0.39 is 24.9 Å². The van der Waals surface area contributed by atoms with E-state index in [-0.39, 0.29) is 5.76 Å². The van der Waals surface area contributed by atoms with Gasteiger partial charge in [-0.05, 0) is 29.8 Å². The molecule has 4 nitrogen and oxygen atoms in total. The molecule has 0 bridgehead atoms. The molecule has 0 aromatic carbocycles. The minimum Gasteiger partial charge on any atom is -0.497 e. The number of methoxy groups -OCH3 is 2. The van der Waals surface area contributed by atoms with Crippen molar-refractivity contribution in [2.75, 3.05) is 20.8 Å². The van der Waals surface area contributed by atoms with Crippen molar-refractivity contribution in [1.82, 2.24) is 4.57 Å². The molecule has 140 valence electrons. The zero-order chi connectivity index (χ0) is 18.7. The van der Waals surface area contributed by atoms with E-state index >= 15 is 0 Å². The first kappa shape index (κ1) is 20.2. The van der Waals surface area contributed by atoms with Gasteiger partial charge in [-0.25, -0.2) is 4.39 Å². The average molecular weight is 388 g/mol. The van der Waals surface area contributed by atoms with Crippen molar-refractivity contribution in [3.63, 3.8) is 0 Å². The predicted octanol–water partition coefficient (Wildman–Crippen LogP) is 4.86. The Morgan fingerprint density at radius 2 is 2.04 bits per heavy atom. The fourth-order valence-electron chi connectivity index (χ4n) is 2.72. The summed E-state index contributed by atoms with van der Waals surface area (Å²) in [4.78, 5) is 0. The van der Waals surface area contributed by atoms with Gasteiger partial charge in [0.15, 0.2) is 10.9 Å². The highest BCUT2D eigenvalue weighted by Gasteiger charge is 2.43. The molecule has 1 heterocycles. The van der Waals surface area contributed by atoms with E-state index in [9.17, 15) is 4.39 Å². The van der Waals surface area contributed by atoms with Gasteiger partial charge < -0.3 is 18.8 Å². The molecule has 0 amide bonds. The number of aromatic nitrogens is 1. The van der Waals surface area contributed by atoms with Crippen LogP contribution in [0.3, 0.4) is 0 Å². The molecule has 7 heteroatoms.